The van der Waals surface area contributed by atoms with Crippen LogP contribution in [0.2, 0.25) is 0 Å². The predicted octanol–water partition coefficient (Wildman–Crippen LogP) is 3.98. The van der Waals surface area contributed by atoms with Crippen LogP contribution in [0, 0.1) is 0 Å². The maximum Gasteiger partial charge on any atom is 0.251 e. The molecule has 0 saturated carbocycles. The zero-order valence-corrected chi connectivity index (χ0v) is 14.1. The van der Waals surface area contributed by atoms with Crippen molar-refractivity contribution in [3.8, 4) is 0 Å². The molecule has 1 heterocycles. The Morgan fingerprint density at radius 3 is 2.36 bits per heavy atom. The van der Waals surface area contributed by atoms with Crippen molar-refractivity contribution in [2.75, 3.05) is 13.1 Å². The van der Waals surface area contributed by atoms with Gasteiger partial charge in [0.2, 0.25) is 0 Å². The topological polar surface area (TPSA) is 32.3 Å². The second-order valence-corrected chi connectivity index (χ2v) is 6.55. The van der Waals surface area contributed by atoms with E-state index in [1.807, 2.05) is 12.1 Å². The standard InChI is InChI=1S/C19H30N2O/c1-3-8-16(2)20-19(22)18-11-9-17(10-12-18)15-21-13-6-4-5-7-14-21/h9-12,16H,3-8,13-15H2,1-2H3,(H,20,22). The normalized spacial score (nSPS) is 17.7. The van der Waals surface area contributed by atoms with Crippen molar-refractivity contribution < 1.29 is 4.79 Å². The molecular weight excluding hydrogens is 272 g/mol. The monoisotopic (exact) mass is 302 g/mol. The summed E-state index contributed by atoms with van der Waals surface area (Å²) in [5, 5.41) is 3.06. The Kier molecular flexibility index (Phi) is 6.91. The molecule has 0 bridgehead atoms. The quantitative estimate of drug-likeness (QED) is 0.862. The molecule has 0 radical (unpaired) electrons. The average Bonchev–Trinajstić information content (AvgIpc) is 2.77. The Morgan fingerprint density at radius 2 is 1.77 bits per heavy atom. The minimum Gasteiger partial charge on any atom is -0.350 e. The molecule has 1 N–H and O–H groups in total. The highest BCUT2D eigenvalue weighted by Gasteiger charge is 2.11. The molecule has 0 aliphatic carbocycles. The van der Waals surface area contributed by atoms with Crippen molar-refractivity contribution in [3.63, 3.8) is 0 Å². The van der Waals surface area contributed by atoms with Gasteiger partial charge in [0.15, 0.2) is 0 Å². The molecule has 1 saturated heterocycles. The highest BCUT2D eigenvalue weighted by molar-refractivity contribution is 5.94. The molecule has 1 aromatic rings. The van der Waals surface area contributed by atoms with E-state index in [0.29, 0.717) is 0 Å². The summed E-state index contributed by atoms with van der Waals surface area (Å²) in [7, 11) is 0. The number of benzene rings is 1. The Bertz CT molecular complexity index is 447. The maximum atomic E-state index is 12.2. The molecule has 1 unspecified atom stereocenters. The van der Waals surface area contributed by atoms with Gasteiger partial charge in [-0.05, 0) is 57.0 Å². The van der Waals surface area contributed by atoms with E-state index < -0.39 is 0 Å². The molecule has 1 aromatic carbocycles. The van der Waals surface area contributed by atoms with Gasteiger partial charge in [-0.1, -0.05) is 38.3 Å². The van der Waals surface area contributed by atoms with E-state index in [2.05, 4.69) is 36.2 Å². The molecule has 0 spiro atoms. The maximum absolute atomic E-state index is 12.2. The van der Waals surface area contributed by atoms with Crippen molar-refractivity contribution in [2.24, 2.45) is 0 Å². The lowest BCUT2D eigenvalue weighted by molar-refractivity contribution is 0.0938. The molecular formula is C19H30N2O. The Hall–Kier alpha value is -1.35. The minimum absolute atomic E-state index is 0.0438. The Balaban J connectivity index is 1.87. The van der Waals surface area contributed by atoms with E-state index in [4.69, 9.17) is 0 Å². The summed E-state index contributed by atoms with van der Waals surface area (Å²) in [4.78, 5) is 14.7. The third kappa shape index (κ3) is 5.45. The second-order valence-electron chi connectivity index (χ2n) is 6.55. The zero-order valence-electron chi connectivity index (χ0n) is 14.1. The van der Waals surface area contributed by atoms with Gasteiger partial charge >= 0.3 is 0 Å². The Morgan fingerprint density at radius 1 is 1.14 bits per heavy atom. The third-order valence-corrected chi connectivity index (χ3v) is 4.42. The van der Waals surface area contributed by atoms with Crippen LogP contribution in [-0.2, 0) is 6.54 Å². The summed E-state index contributed by atoms with van der Waals surface area (Å²) in [6.45, 7) is 7.62. The highest BCUT2D eigenvalue weighted by Crippen LogP contribution is 2.14. The average molecular weight is 302 g/mol. The number of likely N-dealkylation sites (tertiary alicyclic amines) is 1. The van der Waals surface area contributed by atoms with Crippen molar-refractivity contribution >= 4 is 5.91 Å². The van der Waals surface area contributed by atoms with Gasteiger partial charge in [-0.15, -0.1) is 0 Å². The second kappa shape index (κ2) is 8.94. The van der Waals surface area contributed by atoms with E-state index >= 15 is 0 Å². The first-order chi connectivity index (χ1) is 10.7. The van der Waals surface area contributed by atoms with Gasteiger partial charge in [0.25, 0.3) is 5.91 Å². The number of hydrogen-bond acceptors (Lipinski definition) is 2. The van der Waals surface area contributed by atoms with Crippen LogP contribution >= 0.6 is 0 Å². The van der Waals surface area contributed by atoms with E-state index in [-0.39, 0.29) is 11.9 Å². The van der Waals surface area contributed by atoms with Crippen molar-refractivity contribution in [1.29, 1.82) is 0 Å². The summed E-state index contributed by atoms with van der Waals surface area (Å²) in [6, 6.07) is 8.37. The van der Waals surface area contributed by atoms with Crippen LogP contribution in [0.4, 0.5) is 0 Å². The molecule has 1 amide bonds. The number of rotatable bonds is 6. The smallest absolute Gasteiger partial charge is 0.251 e. The molecule has 3 nitrogen and oxygen atoms in total. The lowest BCUT2D eigenvalue weighted by Gasteiger charge is -2.20. The number of carbonyl (C=O) groups is 1. The third-order valence-electron chi connectivity index (χ3n) is 4.42. The summed E-state index contributed by atoms with van der Waals surface area (Å²) in [5.41, 5.74) is 2.07. The van der Waals surface area contributed by atoms with E-state index in [9.17, 15) is 4.79 Å². The summed E-state index contributed by atoms with van der Waals surface area (Å²) >= 11 is 0. The van der Waals surface area contributed by atoms with Crippen LogP contribution in [0.1, 0.15) is 68.3 Å². The number of hydrogen-bond donors (Lipinski definition) is 1. The molecule has 0 aromatic heterocycles. The molecule has 1 fully saturated rings. The summed E-state index contributed by atoms with van der Waals surface area (Å²) in [5.74, 6) is 0.0438. The fourth-order valence-corrected chi connectivity index (χ4v) is 3.13. The number of amides is 1. The van der Waals surface area contributed by atoms with Crippen molar-refractivity contribution in [3.05, 3.63) is 35.4 Å². The lowest BCUT2D eigenvalue weighted by Crippen LogP contribution is -2.32. The first kappa shape index (κ1) is 17.0. The van der Waals surface area contributed by atoms with Crippen LogP contribution in [0.15, 0.2) is 24.3 Å². The Labute approximate surface area is 135 Å². The van der Waals surface area contributed by atoms with Gasteiger partial charge in [-0.25, -0.2) is 0 Å². The van der Waals surface area contributed by atoms with Gasteiger partial charge in [0, 0.05) is 18.2 Å². The molecule has 1 atom stereocenters. The summed E-state index contributed by atoms with van der Waals surface area (Å²) in [6.07, 6.45) is 7.48. The fourth-order valence-electron chi connectivity index (χ4n) is 3.13. The van der Waals surface area contributed by atoms with E-state index in [0.717, 1.165) is 24.9 Å². The minimum atomic E-state index is 0.0438. The van der Waals surface area contributed by atoms with Gasteiger partial charge in [-0.2, -0.15) is 0 Å². The number of nitrogens with zero attached hydrogens (tertiary/aromatic N) is 1. The largest absolute Gasteiger partial charge is 0.350 e. The predicted molar refractivity (Wildman–Crippen MR) is 92.0 cm³/mol. The van der Waals surface area contributed by atoms with Crippen LogP contribution < -0.4 is 5.32 Å². The van der Waals surface area contributed by atoms with Crippen LogP contribution in [0.25, 0.3) is 0 Å². The number of nitrogens with one attached hydrogen (secondary N) is 1. The fraction of sp³-hybridized carbons (Fsp3) is 0.632. The van der Waals surface area contributed by atoms with E-state index in [1.54, 1.807) is 0 Å². The summed E-state index contributed by atoms with van der Waals surface area (Å²) < 4.78 is 0. The molecule has 122 valence electrons. The van der Waals surface area contributed by atoms with Crippen LogP contribution in [0.3, 0.4) is 0 Å². The zero-order chi connectivity index (χ0) is 15.8. The van der Waals surface area contributed by atoms with Gasteiger partial charge in [-0.3, -0.25) is 9.69 Å². The van der Waals surface area contributed by atoms with Crippen LogP contribution in [0.5, 0.6) is 0 Å². The first-order valence-corrected chi connectivity index (χ1v) is 8.81. The lowest BCUT2D eigenvalue weighted by atomic mass is 10.1. The first-order valence-electron chi connectivity index (χ1n) is 8.81. The van der Waals surface area contributed by atoms with Crippen molar-refractivity contribution in [2.45, 2.75) is 65.0 Å². The van der Waals surface area contributed by atoms with Gasteiger partial charge in [0.05, 0.1) is 0 Å². The number of carbonyl (C=O) groups excluding carboxylic acids is 1. The molecule has 1 aliphatic heterocycles. The molecule has 22 heavy (non-hydrogen) atoms. The van der Waals surface area contributed by atoms with Gasteiger partial charge < -0.3 is 5.32 Å². The highest BCUT2D eigenvalue weighted by atomic mass is 16.1. The SMILES string of the molecule is CCCC(C)NC(=O)c1ccc(CN2CCCCCC2)cc1. The molecule has 1 aliphatic rings. The van der Waals surface area contributed by atoms with Gasteiger partial charge in [0.1, 0.15) is 0 Å². The van der Waals surface area contributed by atoms with Crippen molar-refractivity contribution in [1.82, 2.24) is 10.2 Å². The van der Waals surface area contributed by atoms with Crippen LogP contribution in [-0.4, -0.2) is 29.9 Å². The van der Waals surface area contributed by atoms with E-state index in [1.165, 1.54) is 44.3 Å². The molecule has 3 heteroatoms. The molecule has 2 rings (SSSR count).